The second kappa shape index (κ2) is 4.63. The van der Waals surface area contributed by atoms with Crippen molar-refractivity contribution in [1.82, 2.24) is 0 Å². The number of benzene rings is 2. The van der Waals surface area contributed by atoms with Crippen LogP contribution in [0.15, 0.2) is 47.4 Å². The van der Waals surface area contributed by atoms with Crippen LogP contribution < -0.4 is 0 Å². The molecule has 0 aliphatic heterocycles. The zero-order valence-electron chi connectivity index (χ0n) is 9.59. The van der Waals surface area contributed by atoms with E-state index in [0.717, 1.165) is 11.1 Å². The molecule has 0 aliphatic carbocycles. The molecule has 5 heteroatoms. The molecule has 0 atom stereocenters. The van der Waals surface area contributed by atoms with Crippen LogP contribution in [-0.4, -0.2) is 19.8 Å². The Balaban J connectivity index is 2.43. The summed E-state index contributed by atoms with van der Waals surface area (Å²) in [5, 5.41) is 9.59. The van der Waals surface area contributed by atoms with Crippen molar-refractivity contribution < 1.29 is 13.5 Å². The van der Waals surface area contributed by atoms with Crippen molar-refractivity contribution in [3.05, 3.63) is 47.5 Å². The molecule has 0 amide bonds. The molecule has 3 nitrogen and oxygen atoms in total. The predicted octanol–water partition coefficient (Wildman–Crippen LogP) is 3.12. The highest BCUT2D eigenvalue weighted by Crippen LogP contribution is 2.29. The van der Waals surface area contributed by atoms with Gasteiger partial charge in [-0.3, -0.25) is 0 Å². The van der Waals surface area contributed by atoms with E-state index in [1.165, 1.54) is 12.3 Å². The third-order valence-electron chi connectivity index (χ3n) is 2.56. The highest BCUT2D eigenvalue weighted by atomic mass is 35.5. The molecule has 0 saturated carbocycles. The first-order chi connectivity index (χ1) is 8.38. The number of aromatic hydroxyl groups is 1. The molecule has 0 spiro atoms. The van der Waals surface area contributed by atoms with Crippen LogP contribution in [0.4, 0.5) is 0 Å². The van der Waals surface area contributed by atoms with Gasteiger partial charge in [0.1, 0.15) is 5.75 Å². The average molecular weight is 283 g/mol. The van der Waals surface area contributed by atoms with Crippen molar-refractivity contribution in [2.75, 3.05) is 6.26 Å². The fraction of sp³-hybridized carbons (Fsp3) is 0.0769. The fourth-order valence-corrected chi connectivity index (χ4v) is 2.39. The Hall–Kier alpha value is -1.52. The first-order valence-electron chi connectivity index (χ1n) is 5.17. The van der Waals surface area contributed by atoms with Gasteiger partial charge in [0, 0.05) is 6.26 Å². The van der Waals surface area contributed by atoms with Gasteiger partial charge < -0.3 is 5.11 Å². The molecule has 94 valence electrons. The van der Waals surface area contributed by atoms with E-state index >= 15 is 0 Å². The van der Waals surface area contributed by atoms with Crippen LogP contribution in [0.2, 0.25) is 5.02 Å². The topological polar surface area (TPSA) is 54.4 Å². The Morgan fingerprint density at radius 3 is 2.06 bits per heavy atom. The van der Waals surface area contributed by atoms with E-state index in [-0.39, 0.29) is 15.7 Å². The highest BCUT2D eigenvalue weighted by Gasteiger charge is 2.07. The molecule has 18 heavy (non-hydrogen) atoms. The van der Waals surface area contributed by atoms with E-state index < -0.39 is 9.84 Å². The van der Waals surface area contributed by atoms with Gasteiger partial charge >= 0.3 is 0 Å². The van der Waals surface area contributed by atoms with Crippen LogP contribution in [0.25, 0.3) is 11.1 Å². The van der Waals surface area contributed by atoms with Gasteiger partial charge in [-0.05, 0) is 35.4 Å². The summed E-state index contributed by atoms with van der Waals surface area (Å²) in [6.45, 7) is 0. The minimum absolute atomic E-state index is 0.0215. The van der Waals surface area contributed by atoms with Gasteiger partial charge in [0.2, 0.25) is 0 Å². The Bertz CT molecular complexity index is 676. The number of rotatable bonds is 2. The number of sulfone groups is 1. The lowest BCUT2D eigenvalue weighted by atomic mass is 10.1. The van der Waals surface area contributed by atoms with Crippen LogP contribution in [0, 0.1) is 0 Å². The summed E-state index contributed by atoms with van der Waals surface area (Å²) in [5.41, 5.74) is 1.65. The Morgan fingerprint density at radius 2 is 1.56 bits per heavy atom. The smallest absolute Gasteiger partial charge is 0.175 e. The molecule has 2 rings (SSSR count). The summed E-state index contributed by atoms with van der Waals surface area (Å²) < 4.78 is 22.7. The van der Waals surface area contributed by atoms with Crippen LogP contribution in [0.5, 0.6) is 5.75 Å². The summed E-state index contributed by atoms with van der Waals surface area (Å²) in [6.07, 6.45) is 1.17. The lowest BCUT2D eigenvalue weighted by Crippen LogP contribution is -1.96. The SMILES string of the molecule is CS(=O)(=O)c1ccc(-c2ccc(O)c(Cl)c2)cc1. The molecule has 2 aromatic rings. The van der Waals surface area contributed by atoms with Crippen molar-refractivity contribution >= 4 is 21.4 Å². The van der Waals surface area contributed by atoms with Gasteiger partial charge in [0.05, 0.1) is 9.92 Å². The monoisotopic (exact) mass is 282 g/mol. The maximum atomic E-state index is 11.3. The third-order valence-corrected chi connectivity index (χ3v) is 3.99. The molecule has 0 unspecified atom stereocenters. The average Bonchev–Trinajstić information content (AvgIpc) is 2.32. The van der Waals surface area contributed by atoms with Crippen molar-refractivity contribution in [3.63, 3.8) is 0 Å². The number of halogens is 1. The maximum Gasteiger partial charge on any atom is 0.175 e. The Labute approximate surface area is 111 Å². The lowest BCUT2D eigenvalue weighted by molar-refractivity contribution is 0.475. The predicted molar refractivity (Wildman–Crippen MR) is 71.7 cm³/mol. The molecule has 0 radical (unpaired) electrons. The van der Waals surface area contributed by atoms with Gasteiger partial charge in [0.25, 0.3) is 0 Å². The van der Waals surface area contributed by atoms with Crippen LogP contribution in [0.1, 0.15) is 0 Å². The largest absolute Gasteiger partial charge is 0.506 e. The summed E-state index contributed by atoms with van der Waals surface area (Å²) in [4.78, 5) is 0.274. The van der Waals surface area contributed by atoms with E-state index in [2.05, 4.69) is 0 Å². The minimum Gasteiger partial charge on any atom is -0.506 e. The van der Waals surface area contributed by atoms with Gasteiger partial charge in [-0.1, -0.05) is 29.8 Å². The molecule has 0 bridgehead atoms. The van der Waals surface area contributed by atoms with Crippen molar-refractivity contribution in [1.29, 1.82) is 0 Å². The molecular weight excluding hydrogens is 272 g/mol. The van der Waals surface area contributed by atoms with Crippen LogP contribution in [-0.2, 0) is 9.84 Å². The van der Waals surface area contributed by atoms with Crippen molar-refractivity contribution in [2.45, 2.75) is 4.90 Å². The molecule has 0 fully saturated rings. The van der Waals surface area contributed by atoms with Crippen LogP contribution >= 0.6 is 11.6 Å². The Morgan fingerprint density at radius 1 is 1.00 bits per heavy atom. The number of hydrogen-bond donors (Lipinski definition) is 1. The summed E-state index contributed by atoms with van der Waals surface area (Å²) in [5.74, 6) is 0.0215. The second-order valence-electron chi connectivity index (χ2n) is 3.96. The second-order valence-corrected chi connectivity index (χ2v) is 6.39. The zero-order chi connectivity index (χ0) is 13.3. The molecule has 0 saturated heterocycles. The lowest BCUT2D eigenvalue weighted by Gasteiger charge is -2.05. The maximum absolute atomic E-state index is 11.3. The van der Waals surface area contributed by atoms with Gasteiger partial charge in [-0.2, -0.15) is 0 Å². The van der Waals surface area contributed by atoms with Gasteiger partial charge in [-0.25, -0.2) is 8.42 Å². The quantitative estimate of drug-likeness (QED) is 0.921. The minimum atomic E-state index is -3.18. The highest BCUT2D eigenvalue weighted by molar-refractivity contribution is 7.90. The standard InChI is InChI=1S/C13H11ClO3S/c1-18(16,17)11-5-2-9(3-6-11)10-4-7-13(15)12(14)8-10/h2-8,15H,1H3. The normalized spacial score (nSPS) is 11.4. The first-order valence-corrected chi connectivity index (χ1v) is 7.44. The third kappa shape index (κ3) is 2.66. The van der Waals surface area contributed by atoms with E-state index in [9.17, 15) is 13.5 Å². The number of phenolic OH excluding ortho intramolecular Hbond substituents is 1. The fourth-order valence-electron chi connectivity index (χ4n) is 1.58. The molecular formula is C13H11ClO3S. The van der Waals surface area contributed by atoms with Crippen molar-refractivity contribution in [3.8, 4) is 16.9 Å². The van der Waals surface area contributed by atoms with Gasteiger partial charge in [0.15, 0.2) is 9.84 Å². The van der Waals surface area contributed by atoms with E-state index in [1.54, 1.807) is 36.4 Å². The summed E-state index contributed by atoms with van der Waals surface area (Å²) in [7, 11) is -3.18. The number of phenols is 1. The summed E-state index contributed by atoms with van der Waals surface area (Å²) >= 11 is 5.82. The summed E-state index contributed by atoms with van der Waals surface area (Å²) in [6, 6.07) is 11.4. The molecule has 0 heterocycles. The van der Waals surface area contributed by atoms with E-state index in [0.29, 0.717) is 0 Å². The Kier molecular flexibility index (Phi) is 3.32. The number of hydrogen-bond acceptors (Lipinski definition) is 3. The van der Waals surface area contributed by atoms with Crippen molar-refractivity contribution in [2.24, 2.45) is 0 Å². The van der Waals surface area contributed by atoms with Crippen LogP contribution in [0.3, 0.4) is 0 Å². The van der Waals surface area contributed by atoms with Gasteiger partial charge in [-0.15, -0.1) is 0 Å². The zero-order valence-corrected chi connectivity index (χ0v) is 11.2. The molecule has 1 N–H and O–H groups in total. The van der Waals surface area contributed by atoms with E-state index in [1.807, 2.05) is 0 Å². The first kappa shape index (κ1) is 12.9. The molecule has 2 aromatic carbocycles. The van der Waals surface area contributed by atoms with E-state index in [4.69, 9.17) is 11.6 Å². The molecule has 0 aromatic heterocycles. The molecule has 0 aliphatic rings.